The van der Waals surface area contributed by atoms with E-state index < -0.39 is 0 Å². The summed E-state index contributed by atoms with van der Waals surface area (Å²) < 4.78 is 15.4. The SMILES string of the molecule is Cc1ccc(F)c(-c2cc(NC(=O)CCn3cncn3)n[nH]2)c1. The number of nitrogens with zero attached hydrogens (tertiary/aromatic N) is 4. The van der Waals surface area contributed by atoms with Gasteiger partial charge in [-0.15, -0.1) is 0 Å². The number of amides is 1. The summed E-state index contributed by atoms with van der Waals surface area (Å²) >= 11 is 0. The maximum atomic E-state index is 13.9. The molecule has 0 spiro atoms. The van der Waals surface area contributed by atoms with Gasteiger partial charge in [0.2, 0.25) is 5.91 Å². The third-order valence-electron chi connectivity index (χ3n) is 3.29. The van der Waals surface area contributed by atoms with E-state index >= 15 is 0 Å². The van der Waals surface area contributed by atoms with Gasteiger partial charge in [0.15, 0.2) is 5.82 Å². The summed E-state index contributed by atoms with van der Waals surface area (Å²) in [7, 11) is 0. The average Bonchev–Trinajstić information content (AvgIpc) is 3.19. The van der Waals surface area contributed by atoms with Gasteiger partial charge in [-0.2, -0.15) is 10.2 Å². The van der Waals surface area contributed by atoms with Crippen LogP contribution >= 0.6 is 0 Å². The number of rotatable bonds is 5. The maximum Gasteiger partial charge on any atom is 0.227 e. The van der Waals surface area contributed by atoms with Crippen LogP contribution in [-0.2, 0) is 11.3 Å². The van der Waals surface area contributed by atoms with Gasteiger partial charge in [-0.25, -0.2) is 9.37 Å². The number of anilines is 1. The minimum Gasteiger partial charge on any atom is -0.309 e. The van der Waals surface area contributed by atoms with Crippen molar-refractivity contribution >= 4 is 11.7 Å². The van der Waals surface area contributed by atoms with Crippen molar-refractivity contribution in [2.45, 2.75) is 19.9 Å². The molecular formula is C15H15FN6O. The molecule has 1 amide bonds. The number of aryl methyl sites for hydroxylation is 2. The third-order valence-corrected chi connectivity index (χ3v) is 3.29. The highest BCUT2D eigenvalue weighted by atomic mass is 19.1. The number of H-pyrrole nitrogens is 1. The second-order valence-corrected chi connectivity index (χ2v) is 5.11. The second kappa shape index (κ2) is 6.39. The van der Waals surface area contributed by atoms with Crippen molar-refractivity contribution in [2.75, 3.05) is 5.32 Å². The molecule has 2 aromatic heterocycles. The van der Waals surface area contributed by atoms with Crippen LogP contribution in [0.5, 0.6) is 0 Å². The highest BCUT2D eigenvalue weighted by Gasteiger charge is 2.11. The van der Waals surface area contributed by atoms with E-state index in [2.05, 4.69) is 25.6 Å². The average molecular weight is 314 g/mol. The number of hydrogen-bond acceptors (Lipinski definition) is 4. The van der Waals surface area contributed by atoms with Crippen LogP contribution in [-0.4, -0.2) is 30.9 Å². The van der Waals surface area contributed by atoms with Gasteiger partial charge in [0.1, 0.15) is 18.5 Å². The van der Waals surface area contributed by atoms with Crippen LogP contribution in [0.25, 0.3) is 11.3 Å². The van der Waals surface area contributed by atoms with Gasteiger partial charge in [0, 0.05) is 18.1 Å². The number of nitrogens with one attached hydrogen (secondary N) is 2. The molecule has 0 aliphatic rings. The molecule has 0 radical (unpaired) electrons. The molecule has 2 N–H and O–H groups in total. The Morgan fingerprint density at radius 1 is 1.39 bits per heavy atom. The lowest BCUT2D eigenvalue weighted by atomic mass is 10.1. The van der Waals surface area contributed by atoms with Crippen molar-refractivity contribution in [3.8, 4) is 11.3 Å². The molecule has 0 fully saturated rings. The van der Waals surface area contributed by atoms with Gasteiger partial charge in [0.05, 0.1) is 12.2 Å². The van der Waals surface area contributed by atoms with Gasteiger partial charge >= 0.3 is 0 Å². The summed E-state index contributed by atoms with van der Waals surface area (Å²) in [5, 5.41) is 13.3. The predicted octanol–water partition coefficient (Wildman–Crippen LogP) is 2.14. The van der Waals surface area contributed by atoms with E-state index in [0.29, 0.717) is 23.6 Å². The fourth-order valence-electron chi connectivity index (χ4n) is 2.14. The first kappa shape index (κ1) is 14.9. The molecule has 2 heterocycles. The van der Waals surface area contributed by atoms with E-state index in [-0.39, 0.29) is 18.1 Å². The van der Waals surface area contributed by atoms with Crippen molar-refractivity contribution in [1.29, 1.82) is 0 Å². The molecule has 0 aliphatic heterocycles. The monoisotopic (exact) mass is 314 g/mol. The van der Waals surface area contributed by atoms with Crippen LogP contribution in [0.1, 0.15) is 12.0 Å². The minimum atomic E-state index is -0.344. The van der Waals surface area contributed by atoms with Gasteiger partial charge in [-0.05, 0) is 19.1 Å². The Hall–Kier alpha value is -3.03. The van der Waals surface area contributed by atoms with Gasteiger partial charge in [-0.3, -0.25) is 14.6 Å². The molecule has 0 bridgehead atoms. The molecule has 3 aromatic rings. The third kappa shape index (κ3) is 3.60. The van der Waals surface area contributed by atoms with Crippen LogP contribution in [0.15, 0.2) is 36.9 Å². The second-order valence-electron chi connectivity index (χ2n) is 5.11. The molecule has 0 saturated carbocycles. The van der Waals surface area contributed by atoms with E-state index in [0.717, 1.165) is 5.56 Å². The molecule has 0 unspecified atom stereocenters. The molecule has 7 nitrogen and oxygen atoms in total. The number of carbonyl (C=O) groups is 1. The Morgan fingerprint density at radius 3 is 3.04 bits per heavy atom. The molecule has 3 rings (SSSR count). The lowest BCUT2D eigenvalue weighted by Gasteiger charge is -2.02. The first-order valence-electron chi connectivity index (χ1n) is 7.06. The molecule has 0 saturated heterocycles. The summed E-state index contributed by atoms with van der Waals surface area (Å²) in [5.74, 6) is -0.198. The Morgan fingerprint density at radius 2 is 2.26 bits per heavy atom. The molecule has 0 aliphatic carbocycles. The topological polar surface area (TPSA) is 88.5 Å². The van der Waals surface area contributed by atoms with E-state index in [1.54, 1.807) is 29.2 Å². The Balaban J connectivity index is 1.65. The molecule has 23 heavy (non-hydrogen) atoms. The van der Waals surface area contributed by atoms with Crippen molar-refractivity contribution < 1.29 is 9.18 Å². The van der Waals surface area contributed by atoms with E-state index in [4.69, 9.17) is 0 Å². The van der Waals surface area contributed by atoms with E-state index in [1.165, 1.54) is 12.4 Å². The Bertz CT molecular complexity index is 811. The van der Waals surface area contributed by atoms with Crippen LogP contribution in [0.2, 0.25) is 0 Å². The van der Waals surface area contributed by atoms with Crippen molar-refractivity contribution in [3.63, 3.8) is 0 Å². The highest BCUT2D eigenvalue weighted by molar-refractivity contribution is 5.90. The quantitative estimate of drug-likeness (QED) is 0.755. The van der Waals surface area contributed by atoms with E-state index in [9.17, 15) is 9.18 Å². The van der Waals surface area contributed by atoms with Gasteiger partial charge in [0.25, 0.3) is 0 Å². The van der Waals surface area contributed by atoms with Crippen LogP contribution in [0.4, 0.5) is 10.2 Å². The Kier molecular flexibility index (Phi) is 4.13. The fourth-order valence-corrected chi connectivity index (χ4v) is 2.14. The van der Waals surface area contributed by atoms with Crippen LogP contribution < -0.4 is 5.32 Å². The summed E-state index contributed by atoms with van der Waals surface area (Å²) in [6.45, 7) is 2.31. The highest BCUT2D eigenvalue weighted by Crippen LogP contribution is 2.24. The Labute approximate surface area is 131 Å². The number of hydrogen-bond donors (Lipinski definition) is 2. The fraction of sp³-hybridized carbons (Fsp3) is 0.200. The summed E-state index contributed by atoms with van der Waals surface area (Å²) in [6, 6.07) is 6.42. The molecule has 118 valence electrons. The van der Waals surface area contributed by atoms with Crippen LogP contribution in [0, 0.1) is 12.7 Å². The number of halogens is 1. The van der Waals surface area contributed by atoms with Crippen molar-refractivity contribution in [2.24, 2.45) is 0 Å². The zero-order valence-corrected chi connectivity index (χ0v) is 12.5. The zero-order chi connectivity index (χ0) is 16.2. The van der Waals surface area contributed by atoms with Crippen molar-refractivity contribution in [3.05, 3.63) is 48.3 Å². The molecule has 1 aromatic carbocycles. The lowest BCUT2D eigenvalue weighted by Crippen LogP contribution is -2.14. The number of aromatic nitrogens is 5. The van der Waals surface area contributed by atoms with Gasteiger partial charge < -0.3 is 5.32 Å². The predicted molar refractivity (Wildman–Crippen MR) is 82.0 cm³/mol. The first-order valence-corrected chi connectivity index (χ1v) is 7.06. The largest absolute Gasteiger partial charge is 0.309 e. The standard InChI is InChI=1S/C15H15FN6O/c1-10-2-3-12(16)11(6-10)13-7-14(21-20-13)19-15(23)4-5-22-9-17-8-18-22/h2-3,6-9H,4-5H2,1H3,(H2,19,20,21,23). The summed E-state index contributed by atoms with van der Waals surface area (Å²) in [4.78, 5) is 15.7. The minimum absolute atomic E-state index is 0.205. The van der Waals surface area contributed by atoms with Gasteiger partial charge in [-0.1, -0.05) is 11.6 Å². The number of carbonyl (C=O) groups excluding carboxylic acids is 1. The number of benzene rings is 1. The molecule has 8 heteroatoms. The summed E-state index contributed by atoms with van der Waals surface area (Å²) in [6.07, 6.45) is 3.19. The molecule has 0 atom stereocenters. The maximum absolute atomic E-state index is 13.9. The summed E-state index contributed by atoms with van der Waals surface area (Å²) in [5.41, 5.74) is 1.87. The normalized spacial score (nSPS) is 10.7. The lowest BCUT2D eigenvalue weighted by molar-refractivity contribution is -0.116. The first-order chi connectivity index (χ1) is 11.1. The molecular weight excluding hydrogens is 299 g/mol. The van der Waals surface area contributed by atoms with E-state index in [1.807, 2.05) is 6.92 Å². The smallest absolute Gasteiger partial charge is 0.227 e. The van der Waals surface area contributed by atoms with Crippen molar-refractivity contribution in [1.82, 2.24) is 25.0 Å². The zero-order valence-electron chi connectivity index (χ0n) is 12.5. The number of aromatic amines is 1. The van der Waals surface area contributed by atoms with Crippen LogP contribution in [0.3, 0.4) is 0 Å².